The smallest absolute Gasteiger partial charge is 0.290 e. The van der Waals surface area contributed by atoms with Crippen LogP contribution in [-0.2, 0) is 14.3 Å². The largest absolute Gasteiger partial charge is 0.503 e. The second kappa shape index (κ2) is 11.9. The number of amides is 1. The third-order valence-corrected chi connectivity index (χ3v) is 6.50. The maximum absolute atomic E-state index is 13.3. The van der Waals surface area contributed by atoms with Crippen molar-refractivity contribution in [1.29, 1.82) is 0 Å². The third kappa shape index (κ3) is 5.61. The average Bonchev–Trinajstić information content (AvgIpc) is 3.17. The van der Waals surface area contributed by atoms with Crippen molar-refractivity contribution in [2.45, 2.75) is 12.5 Å². The third-order valence-electron chi connectivity index (χ3n) is 6.50. The SMILES string of the molecule is COc1ccc([C@@H]2C(C(=O)/C=C/c3ccccc3)=C(O)C(=O)N2CCCN2CCOCC2)cc1OC. The predicted octanol–water partition coefficient (Wildman–Crippen LogP) is 3.40. The van der Waals surface area contributed by atoms with Crippen LogP contribution in [-0.4, -0.2) is 80.2 Å². The normalized spacial score (nSPS) is 18.8. The predicted molar refractivity (Wildman–Crippen MR) is 136 cm³/mol. The van der Waals surface area contributed by atoms with Gasteiger partial charge in [-0.15, -0.1) is 0 Å². The Labute approximate surface area is 211 Å². The number of rotatable bonds is 10. The second-order valence-electron chi connectivity index (χ2n) is 8.69. The van der Waals surface area contributed by atoms with Gasteiger partial charge in [-0.2, -0.15) is 0 Å². The van der Waals surface area contributed by atoms with Gasteiger partial charge in [-0.05, 0) is 35.8 Å². The number of allylic oxidation sites excluding steroid dienone is 1. The number of benzene rings is 2. The van der Waals surface area contributed by atoms with E-state index in [9.17, 15) is 14.7 Å². The van der Waals surface area contributed by atoms with E-state index in [0.717, 1.165) is 25.2 Å². The summed E-state index contributed by atoms with van der Waals surface area (Å²) >= 11 is 0. The number of hydrogen-bond donors (Lipinski definition) is 1. The highest BCUT2D eigenvalue weighted by molar-refractivity contribution is 6.14. The minimum atomic E-state index is -0.741. The summed E-state index contributed by atoms with van der Waals surface area (Å²) in [4.78, 5) is 30.4. The first-order chi connectivity index (χ1) is 17.5. The molecule has 1 fully saturated rings. The molecule has 36 heavy (non-hydrogen) atoms. The van der Waals surface area contributed by atoms with E-state index >= 15 is 0 Å². The molecule has 0 spiro atoms. The molecule has 0 bridgehead atoms. The topological polar surface area (TPSA) is 88.5 Å². The minimum absolute atomic E-state index is 0.0609. The van der Waals surface area contributed by atoms with E-state index in [1.165, 1.54) is 13.2 Å². The Balaban J connectivity index is 1.63. The number of hydrogen-bond acceptors (Lipinski definition) is 7. The standard InChI is InChI=1S/C28H32N2O6/c1-34-23-12-10-21(19-24(23)35-2)26-25(22(31)11-9-20-7-4-3-5-8-20)27(32)28(33)30(26)14-6-13-29-15-17-36-18-16-29/h3-5,7-12,19,26,32H,6,13-18H2,1-2H3/b11-9+/t26-/m1/s1. The van der Waals surface area contributed by atoms with Gasteiger partial charge in [0.25, 0.3) is 5.91 Å². The van der Waals surface area contributed by atoms with Crippen molar-refractivity contribution < 1.29 is 28.9 Å². The second-order valence-corrected chi connectivity index (χ2v) is 8.69. The fourth-order valence-corrected chi connectivity index (χ4v) is 4.62. The Bertz CT molecular complexity index is 1140. The lowest BCUT2D eigenvalue weighted by molar-refractivity contribution is -0.129. The highest BCUT2D eigenvalue weighted by Crippen LogP contribution is 2.41. The Morgan fingerprint density at radius 3 is 2.47 bits per heavy atom. The molecular formula is C28H32N2O6. The molecule has 2 heterocycles. The molecule has 0 aliphatic carbocycles. The highest BCUT2D eigenvalue weighted by Gasteiger charge is 2.43. The Kier molecular flexibility index (Phi) is 8.40. The zero-order valence-electron chi connectivity index (χ0n) is 20.7. The molecule has 2 aromatic carbocycles. The summed E-state index contributed by atoms with van der Waals surface area (Å²) in [7, 11) is 3.08. The highest BCUT2D eigenvalue weighted by atomic mass is 16.5. The van der Waals surface area contributed by atoms with Crippen LogP contribution in [0.1, 0.15) is 23.6 Å². The lowest BCUT2D eigenvalue weighted by Crippen LogP contribution is -2.39. The number of carbonyl (C=O) groups excluding carboxylic acids is 2. The molecule has 1 saturated heterocycles. The van der Waals surface area contributed by atoms with Crippen LogP contribution in [0.3, 0.4) is 0 Å². The van der Waals surface area contributed by atoms with Crippen molar-refractivity contribution in [3.8, 4) is 11.5 Å². The van der Waals surface area contributed by atoms with E-state index in [2.05, 4.69) is 4.90 Å². The molecule has 1 N–H and O–H groups in total. The molecular weight excluding hydrogens is 460 g/mol. The number of nitrogens with zero attached hydrogens (tertiary/aromatic N) is 2. The van der Waals surface area contributed by atoms with Gasteiger partial charge in [0.05, 0.1) is 39.0 Å². The zero-order chi connectivity index (χ0) is 25.5. The van der Waals surface area contributed by atoms with Crippen LogP contribution in [0.25, 0.3) is 6.08 Å². The first-order valence-electron chi connectivity index (χ1n) is 12.1. The van der Waals surface area contributed by atoms with E-state index in [0.29, 0.717) is 43.2 Å². The van der Waals surface area contributed by atoms with Gasteiger partial charge in [0.1, 0.15) is 0 Å². The van der Waals surface area contributed by atoms with Crippen molar-refractivity contribution in [3.63, 3.8) is 0 Å². The molecule has 0 saturated carbocycles. The Morgan fingerprint density at radius 2 is 1.78 bits per heavy atom. The molecule has 1 amide bonds. The van der Waals surface area contributed by atoms with Crippen LogP contribution in [0, 0.1) is 0 Å². The minimum Gasteiger partial charge on any atom is -0.503 e. The molecule has 2 aromatic rings. The molecule has 0 radical (unpaired) electrons. The van der Waals surface area contributed by atoms with Crippen LogP contribution >= 0.6 is 0 Å². The van der Waals surface area contributed by atoms with E-state index in [1.54, 1.807) is 36.3 Å². The maximum atomic E-state index is 13.3. The van der Waals surface area contributed by atoms with E-state index < -0.39 is 23.5 Å². The van der Waals surface area contributed by atoms with E-state index in [-0.39, 0.29) is 5.57 Å². The molecule has 190 valence electrons. The van der Waals surface area contributed by atoms with Crippen molar-refractivity contribution in [2.24, 2.45) is 0 Å². The van der Waals surface area contributed by atoms with E-state index in [1.807, 2.05) is 30.3 Å². The van der Waals surface area contributed by atoms with Gasteiger partial charge in [0.2, 0.25) is 0 Å². The van der Waals surface area contributed by atoms with Crippen molar-refractivity contribution in [2.75, 3.05) is 53.6 Å². The molecule has 2 aliphatic heterocycles. The van der Waals surface area contributed by atoms with Gasteiger partial charge >= 0.3 is 0 Å². The number of ether oxygens (including phenoxy) is 3. The van der Waals surface area contributed by atoms with Crippen molar-refractivity contribution in [3.05, 3.63) is 77.1 Å². The lowest BCUT2D eigenvalue weighted by Gasteiger charge is -2.30. The summed E-state index contributed by atoms with van der Waals surface area (Å²) in [5.74, 6) is -0.458. The fourth-order valence-electron chi connectivity index (χ4n) is 4.62. The number of aliphatic hydroxyl groups excluding tert-OH is 1. The van der Waals surface area contributed by atoms with Gasteiger partial charge in [0, 0.05) is 26.2 Å². The number of aliphatic hydroxyl groups is 1. The van der Waals surface area contributed by atoms with Crippen LogP contribution < -0.4 is 9.47 Å². The fraction of sp³-hybridized carbons (Fsp3) is 0.357. The Hall–Kier alpha value is -3.62. The molecule has 2 aliphatic rings. The van der Waals surface area contributed by atoms with Crippen LogP contribution in [0.2, 0.25) is 0 Å². The molecule has 8 nitrogen and oxygen atoms in total. The number of ketones is 1. The maximum Gasteiger partial charge on any atom is 0.290 e. The van der Waals surface area contributed by atoms with E-state index in [4.69, 9.17) is 14.2 Å². The number of morpholine rings is 1. The summed E-state index contributed by atoms with van der Waals surface area (Å²) in [6, 6.07) is 13.9. The molecule has 4 rings (SSSR count). The summed E-state index contributed by atoms with van der Waals surface area (Å²) in [6.45, 7) is 4.29. The van der Waals surface area contributed by atoms with Gasteiger partial charge in [0.15, 0.2) is 23.0 Å². The van der Waals surface area contributed by atoms with Crippen LogP contribution in [0.5, 0.6) is 11.5 Å². The molecule has 0 aromatic heterocycles. The molecule has 0 unspecified atom stereocenters. The van der Waals surface area contributed by atoms with Gasteiger partial charge in [-0.1, -0.05) is 42.5 Å². The molecule has 1 atom stereocenters. The average molecular weight is 493 g/mol. The van der Waals surface area contributed by atoms with Gasteiger partial charge in [-0.25, -0.2) is 0 Å². The van der Waals surface area contributed by atoms with Crippen LogP contribution in [0.4, 0.5) is 0 Å². The van der Waals surface area contributed by atoms with Crippen LogP contribution in [0.15, 0.2) is 65.9 Å². The van der Waals surface area contributed by atoms with Crippen molar-refractivity contribution >= 4 is 17.8 Å². The molecule has 8 heteroatoms. The van der Waals surface area contributed by atoms with Crippen molar-refractivity contribution in [1.82, 2.24) is 9.80 Å². The number of carbonyl (C=O) groups is 2. The zero-order valence-corrected chi connectivity index (χ0v) is 20.7. The Morgan fingerprint density at radius 1 is 1.06 bits per heavy atom. The lowest BCUT2D eigenvalue weighted by atomic mass is 9.95. The summed E-state index contributed by atoms with van der Waals surface area (Å²) in [5.41, 5.74) is 1.57. The first kappa shape index (κ1) is 25.5. The van der Waals surface area contributed by atoms with Gasteiger partial charge in [-0.3, -0.25) is 14.5 Å². The van der Waals surface area contributed by atoms with Gasteiger partial charge < -0.3 is 24.2 Å². The summed E-state index contributed by atoms with van der Waals surface area (Å²) in [5, 5.41) is 10.9. The number of methoxy groups -OCH3 is 2. The first-order valence-corrected chi connectivity index (χ1v) is 12.1. The summed E-state index contributed by atoms with van der Waals surface area (Å²) < 4.78 is 16.2. The monoisotopic (exact) mass is 492 g/mol. The quantitative estimate of drug-likeness (QED) is 0.509. The summed E-state index contributed by atoms with van der Waals surface area (Å²) in [6.07, 6.45) is 3.78.